The fourth-order valence-corrected chi connectivity index (χ4v) is 3.04. The van der Waals surface area contributed by atoms with Crippen molar-refractivity contribution in [2.45, 2.75) is 33.7 Å². The van der Waals surface area contributed by atoms with Gasteiger partial charge in [-0.15, -0.1) is 0 Å². The van der Waals surface area contributed by atoms with Gasteiger partial charge in [0.05, 0.1) is 5.52 Å². The molecule has 1 aromatic carbocycles. The van der Waals surface area contributed by atoms with Gasteiger partial charge < -0.3 is 4.90 Å². The highest BCUT2D eigenvalue weighted by Gasteiger charge is 2.22. The molecule has 3 rings (SSSR count). The van der Waals surface area contributed by atoms with Gasteiger partial charge in [0.25, 0.3) is 0 Å². The second-order valence-electron chi connectivity index (χ2n) is 5.91. The van der Waals surface area contributed by atoms with Gasteiger partial charge in [0, 0.05) is 36.2 Å². The molecule has 0 spiro atoms. The third-order valence-corrected chi connectivity index (χ3v) is 4.30. The van der Waals surface area contributed by atoms with E-state index in [1.165, 1.54) is 11.1 Å². The SMILES string of the molecule is CC(=O)c1c2c(nc3cc(C)c(C)cc13)CCN(C)C2. The van der Waals surface area contributed by atoms with Crippen molar-refractivity contribution in [1.29, 1.82) is 0 Å². The first kappa shape index (κ1) is 13.3. The molecule has 0 saturated heterocycles. The summed E-state index contributed by atoms with van der Waals surface area (Å²) in [6.07, 6.45) is 0.926. The number of hydrogen-bond donors (Lipinski definition) is 0. The minimum absolute atomic E-state index is 0.146. The lowest BCUT2D eigenvalue weighted by Crippen LogP contribution is -2.29. The van der Waals surface area contributed by atoms with E-state index < -0.39 is 0 Å². The van der Waals surface area contributed by atoms with Crippen molar-refractivity contribution >= 4 is 16.7 Å². The van der Waals surface area contributed by atoms with Gasteiger partial charge in [-0.3, -0.25) is 9.78 Å². The molecule has 1 aliphatic rings. The number of rotatable bonds is 1. The van der Waals surface area contributed by atoms with Crippen molar-refractivity contribution in [2.75, 3.05) is 13.6 Å². The normalized spacial score (nSPS) is 15.4. The van der Waals surface area contributed by atoms with Crippen molar-refractivity contribution < 1.29 is 4.79 Å². The third kappa shape index (κ3) is 2.02. The molecule has 0 amide bonds. The number of nitrogens with zero attached hydrogens (tertiary/aromatic N) is 2. The highest BCUT2D eigenvalue weighted by molar-refractivity contribution is 6.08. The van der Waals surface area contributed by atoms with E-state index in [9.17, 15) is 4.79 Å². The van der Waals surface area contributed by atoms with Crippen LogP contribution in [0.1, 0.15) is 39.7 Å². The summed E-state index contributed by atoms with van der Waals surface area (Å²) in [7, 11) is 2.09. The first-order chi connectivity index (χ1) is 9.47. The molecule has 2 aromatic rings. The van der Waals surface area contributed by atoms with Crippen molar-refractivity contribution in [3.8, 4) is 0 Å². The van der Waals surface area contributed by atoms with E-state index in [1.807, 2.05) is 0 Å². The molecule has 104 valence electrons. The molecular weight excluding hydrogens is 248 g/mol. The molecule has 3 heteroatoms. The minimum Gasteiger partial charge on any atom is -0.302 e. The molecule has 0 saturated carbocycles. The standard InChI is InChI=1S/C17H20N2O/c1-10-7-13-16(8-11(10)2)18-15-5-6-19(4)9-14(15)17(13)12(3)20/h7-8H,5-6,9H2,1-4H3. The molecule has 0 unspecified atom stereocenters. The summed E-state index contributed by atoms with van der Waals surface area (Å²) in [5.41, 5.74) is 6.51. The zero-order chi connectivity index (χ0) is 14.4. The quantitative estimate of drug-likeness (QED) is 0.745. The lowest BCUT2D eigenvalue weighted by atomic mass is 9.92. The molecule has 0 fully saturated rings. The van der Waals surface area contributed by atoms with E-state index in [2.05, 4.69) is 37.9 Å². The summed E-state index contributed by atoms with van der Waals surface area (Å²) in [5.74, 6) is 0.146. The Hall–Kier alpha value is -1.74. The molecule has 1 aliphatic heterocycles. The van der Waals surface area contributed by atoms with E-state index in [0.717, 1.165) is 47.2 Å². The van der Waals surface area contributed by atoms with Crippen LogP contribution in [-0.4, -0.2) is 29.3 Å². The summed E-state index contributed by atoms with van der Waals surface area (Å²) >= 11 is 0. The average Bonchev–Trinajstić information content (AvgIpc) is 2.37. The Morgan fingerprint density at radius 1 is 1.25 bits per heavy atom. The molecule has 20 heavy (non-hydrogen) atoms. The second kappa shape index (κ2) is 4.67. The number of ketones is 1. The number of Topliss-reactive ketones (excluding diaryl/α,β-unsaturated/α-hetero) is 1. The number of pyridine rings is 1. The Labute approximate surface area is 119 Å². The number of carbonyl (C=O) groups excluding carboxylic acids is 1. The molecule has 0 N–H and O–H groups in total. The first-order valence-electron chi connectivity index (χ1n) is 7.09. The minimum atomic E-state index is 0.146. The van der Waals surface area contributed by atoms with Crippen LogP contribution in [0.15, 0.2) is 12.1 Å². The van der Waals surface area contributed by atoms with E-state index in [4.69, 9.17) is 4.98 Å². The number of hydrogen-bond acceptors (Lipinski definition) is 3. The zero-order valence-corrected chi connectivity index (χ0v) is 12.6. The predicted octanol–water partition coefficient (Wildman–Crippen LogP) is 3.04. The molecule has 1 aromatic heterocycles. The van der Waals surface area contributed by atoms with Gasteiger partial charge in [0.2, 0.25) is 0 Å². The Kier molecular flexibility index (Phi) is 3.09. The molecule has 3 nitrogen and oxygen atoms in total. The fourth-order valence-electron chi connectivity index (χ4n) is 3.04. The van der Waals surface area contributed by atoms with Crippen molar-refractivity contribution in [2.24, 2.45) is 0 Å². The Morgan fingerprint density at radius 3 is 2.65 bits per heavy atom. The van der Waals surface area contributed by atoms with Crippen LogP contribution in [-0.2, 0) is 13.0 Å². The molecule has 0 bridgehead atoms. The summed E-state index contributed by atoms with van der Waals surface area (Å²) in [6.45, 7) is 7.67. The first-order valence-corrected chi connectivity index (χ1v) is 7.09. The van der Waals surface area contributed by atoms with Crippen LogP contribution < -0.4 is 0 Å². The average molecular weight is 268 g/mol. The summed E-state index contributed by atoms with van der Waals surface area (Å²) in [4.78, 5) is 19.3. The fraction of sp³-hybridized carbons (Fsp3) is 0.412. The van der Waals surface area contributed by atoms with Crippen LogP contribution >= 0.6 is 0 Å². The van der Waals surface area contributed by atoms with Crippen LogP contribution in [0.2, 0.25) is 0 Å². The van der Waals surface area contributed by atoms with Gasteiger partial charge in [0.1, 0.15) is 0 Å². The van der Waals surface area contributed by atoms with E-state index in [1.54, 1.807) is 6.92 Å². The zero-order valence-electron chi connectivity index (χ0n) is 12.6. The van der Waals surface area contributed by atoms with E-state index in [0.29, 0.717) is 0 Å². The topological polar surface area (TPSA) is 33.2 Å². The number of carbonyl (C=O) groups is 1. The van der Waals surface area contributed by atoms with Crippen LogP contribution in [0.3, 0.4) is 0 Å². The van der Waals surface area contributed by atoms with Gasteiger partial charge >= 0.3 is 0 Å². The molecule has 0 radical (unpaired) electrons. The summed E-state index contributed by atoms with van der Waals surface area (Å²) in [5, 5.41) is 1.01. The lowest BCUT2D eigenvalue weighted by Gasteiger charge is -2.26. The molecule has 0 atom stereocenters. The van der Waals surface area contributed by atoms with Gasteiger partial charge in [-0.2, -0.15) is 0 Å². The molecule has 2 heterocycles. The van der Waals surface area contributed by atoms with Crippen LogP contribution in [0.5, 0.6) is 0 Å². The molecular formula is C17H20N2O. The van der Waals surface area contributed by atoms with Gasteiger partial charge in [-0.05, 0) is 56.6 Å². The maximum absolute atomic E-state index is 12.2. The summed E-state index contributed by atoms with van der Waals surface area (Å²) in [6, 6.07) is 4.22. The number of benzene rings is 1. The predicted molar refractivity (Wildman–Crippen MR) is 81.3 cm³/mol. The second-order valence-corrected chi connectivity index (χ2v) is 5.91. The lowest BCUT2D eigenvalue weighted by molar-refractivity contribution is 0.101. The van der Waals surface area contributed by atoms with Gasteiger partial charge in [-0.1, -0.05) is 0 Å². The van der Waals surface area contributed by atoms with E-state index >= 15 is 0 Å². The Balaban J connectivity index is 2.39. The van der Waals surface area contributed by atoms with Crippen molar-refractivity contribution in [3.05, 3.63) is 40.1 Å². The smallest absolute Gasteiger partial charge is 0.160 e. The monoisotopic (exact) mass is 268 g/mol. The Morgan fingerprint density at radius 2 is 1.95 bits per heavy atom. The van der Waals surface area contributed by atoms with E-state index in [-0.39, 0.29) is 5.78 Å². The van der Waals surface area contributed by atoms with Crippen molar-refractivity contribution in [1.82, 2.24) is 9.88 Å². The summed E-state index contributed by atoms with van der Waals surface area (Å²) < 4.78 is 0. The van der Waals surface area contributed by atoms with Crippen LogP contribution in [0, 0.1) is 13.8 Å². The number of aryl methyl sites for hydroxylation is 2. The highest BCUT2D eigenvalue weighted by atomic mass is 16.1. The maximum Gasteiger partial charge on any atom is 0.160 e. The maximum atomic E-state index is 12.2. The third-order valence-electron chi connectivity index (χ3n) is 4.30. The number of aromatic nitrogens is 1. The number of fused-ring (bicyclic) bond motifs is 2. The Bertz CT molecular complexity index is 719. The van der Waals surface area contributed by atoms with Crippen LogP contribution in [0.25, 0.3) is 10.9 Å². The highest BCUT2D eigenvalue weighted by Crippen LogP contribution is 2.29. The largest absolute Gasteiger partial charge is 0.302 e. The van der Waals surface area contributed by atoms with Crippen molar-refractivity contribution in [3.63, 3.8) is 0 Å². The van der Waals surface area contributed by atoms with Gasteiger partial charge in [-0.25, -0.2) is 0 Å². The van der Waals surface area contributed by atoms with Crippen LogP contribution in [0.4, 0.5) is 0 Å². The number of likely N-dealkylation sites (N-methyl/N-ethyl adjacent to an activating group) is 1. The van der Waals surface area contributed by atoms with Gasteiger partial charge in [0.15, 0.2) is 5.78 Å². The molecule has 0 aliphatic carbocycles.